The Bertz CT molecular complexity index is 968. The lowest BCUT2D eigenvalue weighted by atomic mass is 10.00. The smallest absolute Gasteiger partial charge is 0.320 e. The molecule has 2 aromatic rings. The minimum Gasteiger partial charge on any atom is -0.390 e. The molecule has 1 unspecified atom stereocenters. The summed E-state index contributed by atoms with van der Waals surface area (Å²) in [4.78, 5) is 18.6. The van der Waals surface area contributed by atoms with E-state index in [4.69, 9.17) is 5.26 Å². The predicted molar refractivity (Wildman–Crippen MR) is 115 cm³/mol. The Hall–Kier alpha value is -2.88. The van der Waals surface area contributed by atoms with Crippen LogP contribution in [0.5, 0.6) is 0 Å². The first-order chi connectivity index (χ1) is 14.5. The second-order valence-corrected chi connectivity index (χ2v) is 8.32. The van der Waals surface area contributed by atoms with Gasteiger partial charge in [0.1, 0.15) is 0 Å². The lowest BCUT2D eigenvalue weighted by Crippen LogP contribution is -2.43. The van der Waals surface area contributed by atoms with Crippen molar-refractivity contribution in [2.45, 2.75) is 32.5 Å². The largest absolute Gasteiger partial charge is 0.390 e. The van der Waals surface area contributed by atoms with Gasteiger partial charge in [0, 0.05) is 45.8 Å². The highest BCUT2D eigenvalue weighted by atomic mass is 16.3. The second kappa shape index (κ2) is 8.86. The van der Waals surface area contributed by atoms with Crippen LogP contribution >= 0.6 is 0 Å². The van der Waals surface area contributed by atoms with Gasteiger partial charge in [-0.1, -0.05) is 36.4 Å². The van der Waals surface area contributed by atoms with Crippen LogP contribution in [0.25, 0.3) is 0 Å². The number of fused-ring (bicyclic) bond motifs is 1. The molecular weight excluding hydrogens is 376 g/mol. The molecule has 2 aromatic carbocycles. The highest BCUT2D eigenvalue weighted by Crippen LogP contribution is 2.20. The molecule has 156 valence electrons. The summed E-state index contributed by atoms with van der Waals surface area (Å²) in [6.07, 6.45) is 0.444. The van der Waals surface area contributed by atoms with Gasteiger partial charge in [-0.3, -0.25) is 4.90 Å². The van der Waals surface area contributed by atoms with Crippen molar-refractivity contribution in [1.82, 2.24) is 14.7 Å². The molecule has 0 aliphatic carbocycles. The average molecular weight is 405 g/mol. The molecule has 2 amide bonds. The van der Waals surface area contributed by atoms with Gasteiger partial charge in [-0.05, 0) is 41.7 Å². The van der Waals surface area contributed by atoms with E-state index in [1.807, 2.05) is 30.0 Å². The molecule has 0 aromatic heterocycles. The average Bonchev–Trinajstić information content (AvgIpc) is 3.07. The van der Waals surface area contributed by atoms with Gasteiger partial charge < -0.3 is 14.9 Å². The van der Waals surface area contributed by atoms with Gasteiger partial charge in [0.25, 0.3) is 0 Å². The maximum atomic E-state index is 12.8. The maximum absolute atomic E-state index is 12.8. The van der Waals surface area contributed by atoms with Crippen LogP contribution in [0.1, 0.15) is 27.8 Å². The van der Waals surface area contributed by atoms with Gasteiger partial charge in [0.2, 0.25) is 0 Å². The molecule has 1 saturated heterocycles. The molecule has 1 atom stereocenters. The summed E-state index contributed by atoms with van der Waals surface area (Å²) in [7, 11) is 0. The Morgan fingerprint density at radius 1 is 1.07 bits per heavy atom. The van der Waals surface area contributed by atoms with E-state index in [-0.39, 0.29) is 6.03 Å². The van der Waals surface area contributed by atoms with Crippen LogP contribution in [0, 0.1) is 18.3 Å². The number of hydrogen-bond acceptors (Lipinski definition) is 4. The van der Waals surface area contributed by atoms with E-state index < -0.39 is 6.10 Å². The number of nitrogens with zero attached hydrogens (tertiary/aromatic N) is 4. The third-order valence-corrected chi connectivity index (χ3v) is 6.08. The van der Waals surface area contributed by atoms with E-state index in [9.17, 15) is 9.90 Å². The fourth-order valence-corrected chi connectivity index (χ4v) is 4.44. The molecule has 0 spiro atoms. The number of nitriles is 1. The molecular formula is C24H28N4O2. The maximum Gasteiger partial charge on any atom is 0.320 e. The third-order valence-electron chi connectivity index (χ3n) is 6.08. The number of carbonyl (C=O) groups excluding carboxylic acids is 1. The number of β-amino-alcohol motifs (C(OH)–C–C–N with tert-alkyl or cyclic N) is 1. The summed E-state index contributed by atoms with van der Waals surface area (Å²) in [6, 6.07) is 16.3. The molecule has 2 aliphatic heterocycles. The van der Waals surface area contributed by atoms with Gasteiger partial charge in [0.15, 0.2) is 0 Å². The minimum absolute atomic E-state index is 0.0277. The van der Waals surface area contributed by atoms with Crippen LogP contribution in [0.15, 0.2) is 42.5 Å². The number of carbonyl (C=O) groups is 1. The number of aryl methyl sites for hydroxylation is 1. The van der Waals surface area contributed by atoms with Gasteiger partial charge in [-0.15, -0.1) is 0 Å². The Kier molecular flexibility index (Phi) is 6.03. The summed E-state index contributed by atoms with van der Waals surface area (Å²) in [6.45, 7) is 6.45. The number of aliphatic hydroxyl groups excluding tert-OH is 1. The lowest BCUT2D eigenvalue weighted by Gasteiger charge is -2.31. The third kappa shape index (κ3) is 4.48. The second-order valence-electron chi connectivity index (χ2n) is 8.32. The van der Waals surface area contributed by atoms with E-state index in [0.717, 1.165) is 30.6 Å². The first-order valence-corrected chi connectivity index (χ1v) is 10.5. The Morgan fingerprint density at radius 3 is 2.60 bits per heavy atom. The fourth-order valence-electron chi connectivity index (χ4n) is 4.44. The van der Waals surface area contributed by atoms with Crippen molar-refractivity contribution >= 4 is 6.03 Å². The van der Waals surface area contributed by atoms with Crippen molar-refractivity contribution in [2.24, 2.45) is 0 Å². The van der Waals surface area contributed by atoms with Crippen LogP contribution < -0.4 is 0 Å². The summed E-state index contributed by atoms with van der Waals surface area (Å²) < 4.78 is 0. The molecule has 0 saturated carbocycles. The van der Waals surface area contributed by atoms with Crippen LogP contribution in [0.4, 0.5) is 4.79 Å². The summed E-state index contributed by atoms with van der Waals surface area (Å²) >= 11 is 0. The number of rotatable bonds is 6. The van der Waals surface area contributed by atoms with Crippen molar-refractivity contribution < 1.29 is 9.90 Å². The van der Waals surface area contributed by atoms with Crippen molar-refractivity contribution in [3.8, 4) is 6.07 Å². The molecule has 6 nitrogen and oxygen atoms in total. The monoisotopic (exact) mass is 404 g/mol. The molecule has 30 heavy (non-hydrogen) atoms. The van der Waals surface area contributed by atoms with Crippen molar-refractivity contribution in [3.63, 3.8) is 0 Å². The van der Waals surface area contributed by atoms with Crippen LogP contribution in [-0.2, 0) is 19.5 Å². The van der Waals surface area contributed by atoms with E-state index in [0.29, 0.717) is 38.3 Å². The molecule has 6 heteroatoms. The van der Waals surface area contributed by atoms with Gasteiger partial charge >= 0.3 is 6.03 Å². The van der Waals surface area contributed by atoms with Crippen molar-refractivity contribution in [1.29, 1.82) is 5.26 Å². The number of benzene rings is 2. The van der Waals surface area contributed by atoms with E-state index in [2.05, 4.69) is 35.2 Å². The molecule has 0 bridgehead atoms. The number of urea groups is 1. The van der Waals surface area contributed by atoms with Crippen molar-refractivity contribution in [3.05, 3.63) is 70.3 Å². The van der Waals surface area contributed by atoms with Gasteiger partial charge in [-0.25, -0.2) is 4.79 Å². The standard InChI is InChI=1S/C24H28N4O2/c1-18-12-19(6-7-21(18)13-25)14-27-10-11-28(24(27)30)17-23(29)16-26-9-8-20-4-2-3-5-22(20)15-26/h2-7,12,23,29H,8-11,14-17H2,1H3. The Morgan fingerprint density at radius 2 is 1.83 bits per heavy atom. The molecule has 1 fully saturated rings. The Balaban J connectivity index is 1.29. The quantitative estimate of drug-likeness (QED) is 0.803. The summed E-state index contributed by atoms with van der Waals surface area (Å²) in [5.41, 5.74) is 5.34. The molecule has 1 N–H and O–H groups in total. The van der Waals surface area contributed by atoms with Crippen LogP contribution in [-0.4, -0.2) is 64.7 Å². The van der Waals surface area contributed by atoms with Crippen LogP contribution in [0.2, 0.25) is 0 Å². The first-order valence-electron chi connectivity index (χ1n) is 10.5. The fraction of sp³-hybridized carbons (Fsp3) is 0.417. The number of aliphatic hydroxyl groups is 1. The molecule has 4 rings (SSSR count). The van der Waals surface area contributed by atoms with Crippen LogP contribution in [0.3, 0.4) is 0 Å². The SMILES string of the molecule is Cc1cc(CN2CCN(CC(O)CN3CCc4ccccc4C3)C2=O)ccc1C#N. The van der Waals surface area contributed by atoms with Crippen molar-refractivity contribution in [2.75, 3.05) is 32.7 Å². The highest BCUT2D eigenvalue weighted by molar-refractivity contribution is 5.76. The normalized spacial score (nSPS) is 17.7. The first kappa shape index (κ1) is 20.4. The summed E-state index contributed by atoms with van der Waals surface area (Å²) in [5, 5.41) is 19.7. The van der Waals surface area contributed by atoms with E-state index >= 15 is 0 Å². The van der Waals surface area contributed by atoms with Gasteiger partial charge in [-0.2, -0.15) is 5.26 Å². The molecule has 0 radical (unpaired) electrons. The minimum atomic E-state index is -0.559. The zero-order valence-electron chi connectivity index (χ0n) is 17.4. The predicted octanol–water partition coefficient (Wildman–Crippen LogP) is 2.52. The zero-order chi connectivity index (χ0) is 21.1. The van der Waals surface area contributed by atoms with Gasteiger partial charge in [0.05, 0.1) is 17.7 Å². The highest BCUT2D eigenvalue weighted by Gasteiger charge is 2.30. The number of amides is 2. The molecule has 2 aliphatic rings. The van der Waals surface area contributed by atoms with E-state index in [1.54, 1.807) is 4.90 Å². The molecule has 2 heterocycles. The summed E-state index contributed by atoms with van der Waals surface area (Å²) in [5.74, 6) is 0. The topological polar surface area (TPSA) is 70.8 Å². The number of hydrogen-bond donors (Lipinski definition) is 1. The lowest BCUT2D eigenvalue weighted by molar-refractivity contribution is 0.0812. The zero-order valence-corrected chi connectivity index (χ0v) is 17.4. The Labute approximate surface area is 177 Å². The van der Waals surface area contributed by atoms with E-state index in [1.165, 1.54) is 11.1 Å².